The van der Waals surface area contributed by atoms with Gasteiger partial charge in [-0.1, -0.05) is 34.1 Å². The number of halogens is 1. The Labute approximate surface area is 165 Å². The normalized spacial score (nSPS) is 9.96. The van der Waals surface area contributed by atoms with Crippen LogP contribution in [0.5, 0.6) is 5.75 Å². The van der Waals surface area contributed by atoms with Gasteiger partial charge < -0.3 is 4.74 Å². The van der Waals surface area contributed by atoms with Gasteiger partial charge >= 0.3 is 0 Å². The van der Waals surface area contributed by atoms with Crippen molar-refractivity contribution in [1.82, 2.24) is 16.2 Å². The van der Waals surface area contributed by atoms with Crippen molar-refractivity contribution < 1.29 is 14.3 Å². The number of thiocarbonyl (C=S) groups is 1. The van der Waals surface area contributed by atoms with Crippen LogP contribution in [0.15, 0.2) is 46.9 Å². The number of benzene rings is 2. The summed E-state index contributed by atoms with van der Waals surface area (Å²) in [7, 11) is 0. The van der Waals surface area contributed by atoms with Crippen LogP contribution in [0.3, 0.4) is 0 Å². The largest absolute Gasteiger partial charge is 0.493 e. The van der Waals surface area contributed by atoms with Crippen molar-refractivity contribution in [2.24, 2.45) is 0 Å². The third-order valence-electron chi connectivity index (χ3n) is 3.38. The molecular weight excluding hydrogens is 418 g/mol. The van der Waals surface area contributed by atoms with Crippen molar-refractivity contribution in [2.45, 2.75) is 13.8 Å². The van der Waals surface area contributed by atoms with Gasteiger partial charge in [0.25, 0.3) is 11.8 Å². The topological polar surface area (TPSA) is 79.5 Å². The van der Waals surface area contributed by atoms with Gasteiger partial charge in [-0.3, -0.25) is 25.8 Å². The van der Waals surface area contributed by atoms with Crippen LogP contribution in [0.25, 0.3) is 0 Å². The molecule has 136 valence electrons. The number of amides is 2. The maximum Gasteiger partial charge on any atom is 0.269 e. The molecule has 0 unspecified atom stereocenters. The Bertz CT molecular complexity index is 842. The minimum atomic E-state index is -0.432. The number of ether oxygens (including phenoxy) is 1. The number of nitrogens with one attached hydrogen (secondary N) is 3. The first-order valence-electron chi connectivity index (χ1n) is 7.82. The maximum atomic E-state index is 12.3. The average molecular weight is 436 g/mol. The van der Waals surface area contributed by atoms with Gasteiger partial charge in [0.05, 0.1) is 12.2 Å². The summed E-state index contributed by atoms with van der Waals surface area (Å²) in [5.74, 6) is -0.347. The Morgan fingerprint density at radius 1 is 1.12 bits per heavy atom. The number of rotatable bonds is 4. The highest BCUT2D eigenvalue weighted by Crippen LogP contribution is 2.18. The van der Waals surface area contributed by atoms with E-state index in [2.05, 4.69) is 32.1 Å². The summed E-state index contributed by atoms with van der Waals surface area (Å²) in [6.07, 6.45) is 0. The van der Waals surface area contributed by atoms with Crippen molar-refractivity contribution in [3.8, 4) is 5.75 Å². The van der Waals surface area contributed by atoms with E-state index in [4.69, 9.17) is 17.0 Å². The molecule has 0 fully saturated rings. The molecule has 0 atom stereocenters. The van der Waals surface area contributed by atoms with E-state index >= 15 is 0 Å². The highest BCUT2D eigenvalue weighted by molar-refractivity contribution is 9.10. The molecular formula is C18H18BrN3O3S. The number of hydrogen-bond donors (Lipinski definition) is 3. The number of para-hydroxylation sites is 1. The van der Waals surface area contributed by atoms with Crippen LogP contribution in [0, 0.1) is 6.92 Å². The van der Waals surface area contributed by atoms with Crippen LogP contribution < -0.4 is 20.9 Å². The Hall–Kier alpha value is -2.45. The zero-order valence-electron chi connectivity index (χ0n) is 14.3. The number of carbonyl (C=O) groups excluding carboxylic acids is 2. The number of hydrogen-bond acceptors (Lipinski definition) is 4. The van der Waals surface area contributed by atoms with E-state index < -0.39 is 5.91 Å². The molecule has 6 nitrogen and oxygen atoms in total. The molecule has 0 bridgehead atoms. The van der Waals surface area contributed by atoms with Crippen LogP contribution >= 0.6 is 28.1 Å². The van der Waals surface area contributed by atoms with Crippen LogP contribution in [0.2, 0.25) is 0 Å². The summed E-state index contributed by atoms with van der Waals surface area (Å²) in [5.41, 5.74) is 6.78. The summed E-state index contributed by atoms with van der Waals surface area (Å²) < 4.78 is 6.25. The molecule has 0 saturated heterocycles. The molecule has 0 aliphatic heterocycles. The van der Waals surface area contributed by atoms with Crippen LogP contribution in [0.4, 0.5) is 0 Å². The van der Waals surface area contributed by atoms with Crippen molar-refractivity contribution in [2.75, 3.05) is 6.61 Å². The third kappa shape index (κ3) is 5.27. The van der Waals surface area contributed by atoms with Crippen molar-refractivity contribution in [3.05, 3.63) is 63.6 Å². The molecule has 2 amide bonds. The zero-order valence-corrected chi connectivity index (χ0v) is 16.7. The van der Waals surface area contributed by atoms with Gasteiger partial charge in [-0.2, -0.15) is 0 Å². The van der Waals surface area contributed by atoms with E-state index in [1.54, 1.807) is 36.4 Å². The quantitative estimate of drug-likeness (QED) is 0.507. The van der Waals surface area contributed by atoms with Gasteiger partial charge in [0.2, 0.25) is 0 Å². The second kappa shape index (κ2) is 9.30. The van der Waals surface area contributed by atoms with E-state index in [-0.39, 0.29) is 11.0 Å². The average Bonchev–Trinajstić information content (AvgIpc) is 2.62. The van der Waals surface area contributed by atoms with Crippen molar-refractivity contribution in [1.29, 1.82) is 0 Å². The smallest absolute Gasteiger partial charge is 0.269 e. The van der Waals surface area contributed by atoms with Crippen LogP contribution in [-0.4, -0.2) is 23.5 Å². The van der Waals surface area contributed by atoms with E-state index in [9.17, 15) is 9.59 Å². The lowest BCUT2D eigenvalue weighted by Crippen LogP contribution is -2.48. The lowest BCUT2D eigenvalue weighted by Gasteiger charge is -2.13. The molecule has 0 heterocycles. The SMILES string of the molecule is CCOc1ccccc1C(=O)NC(=S)NNC(=O)c1ccc(C)c(Br)c1. The Kier molecular flexibility index (Phi) is 7.11. The Morgan fingerprint density at radius 3 is 2.54 bits per heavy atom. The van der Waals surface area contributed by atoms with Gasteiger partial charge in [0.1, 0.15) is 5.75 Å². The minimum Gasteiger partial charge on any atom is -0.493 e. The molecule has 0 aliphatic rings. The highest BCUT2D eigenvalue weighted by Gasteiger charge is 2.14. The van der Waals surface area contributed by atoms with Crippen molar-refractivity contribution >= 4 is 45.1 Å². The van der Waals surface area contributed by atoms with E-state index in [1.165, 1.54) is 0 Å². The van der Waals surface area contributed by atoms with Crippen LogP contribution in [-0.2, 0) is 0 Å². The molecule has 0 spiro atoms. The number of carbonyl (C=O) groups is 2. The maximum absolute atomic E-state index is 12.3. The van der Waals surface area contributed by atoms with Gasteiger partial charge in [-0.25, -0.2) is 0 Å². The molecule has 3 N–H and O–H groups in total. The lowest BCUT2D eigenvalue weighted by molar-refractivity contribution is 0.0933. The monoisotopic (exact) mass is 435 g/mol. The first kappa shape index (κ1) is 19.9. The van der Waals surface area contributed by atoms with E-state index in [0.29, 0.717) is 23.5 Å². The predicted molar refractivity (Wildman–Crippen MR) is 107 cm³/mol. The predicted octanol–water partition coefficient (Wildman–Crippen LogP) is 3.11. The minimum absolute atomic E-state index is 0.0270. The molecule has 2 rings (SSSR count). The second-order valence-corrected chi connectivity index (χ2v) is 6.52. The lowest BCUT2D eigenvalue weighted by atomic mass is 10.1. The summed E-state index contributed by atoms with van der Waals surface area (Å²) in [4.78, 5) is 24.4. The highest BCUT2D eigenvalue weighted by atomic mass is 79.9. The van der Waals surface area contributed by atoms with Gasteiger partial charge in [-0.15, -0.1) is 0 Å². The fourth-order valence-electron chi connectivity index (χ4n) is 2.06. The molecule has 0 aromatic heterocycles. The van der Waals surface area contributed by atoms with Gasteiger partial charge in [0.15, 0.2) is 5.11 Å². The third-order valence-corrected chi connectivity index (χ3v) is 4.44. The number of hydrazine groups is 1. The van der Waals surface area contributed by atoms with E-state index in [0.717, 1.165) is 10.0 Å². The zero-order chi connectivity index (χ0) is 19.1. The Morgan fingerprint density at radius 2 is 1.85 bits per heavy atom. The Balaban J connectivity index is 1.93. The van der Waals surface area contributed by atoms with Gasteiger partial charge in [0, 0.05) is 10.0 Å². The summed E-state index contributed by atoms with van der Waals surface area (Å²) in [6, 6.07) is 12.0. The first-order chi connectivity index (χ1) is 12.4. The molecule has 0 aliphatic carbocycles. The summed E-state index contributed by atoms with van der Waals surface area (Å²) in [5, 5.41) is 2.47. The van der Waals surface area contributed by atoms with Gasteiger partial charge in [-0.05, 0) is 55.9 Å². The molecule has 0 radical (unpaired) electrons. The molecule has 8 heteroatoms. The molecule has 26 heavy (non-hydrogen) atoms. The summed E-state index contributed by atoms with van der Waals surface area (Å²) >= 11 is 8.42. The van der Waals surface area contributed by atoms with Crippen molar-refractivity contribution in [3.63, 3.8) is 0 Å². The number of aryl methyl sites for hydroxylation is 1. The second-order valence-electron chi connectivity index (χ2n) is 5.26. The van der Waals surface area contributed by atoms with Crippen LogP contribution in [0.1, 0.15) is 33.2 Å². The van der Waals surface area contributed by atoms with E-state index in [1.807, 2.05) is 19.9 Å². The molecule has 2 aromatic carbocycles. The fourth-order valence-corrected chi connectivity index (χ4v) is 2.58. The summed E-state index contributed by atoms with van der Waals surface area (Å²) in [6.45, 7) is 4.20. The standard InChI is InChI=1S/C18H18BrN3O3S/c1-3-25-15-7-5-4-6-13(15)17(24)20-18(26)22-21-16(23)12-9-8-11(2)14(19)10-12/h4-10H,3H2,1-2H3,(H,21,23)(H2,20,22,24,26). The first-order valence-corrected chi connectivity index (χ1v) is 9.02. The molecule has 2 aromatic rings. The fraction of sp³-hybridized carbons (Fsp3) is 0.167. The molecule has 0 saturated carbocycles.